The van der Waals surface area contributed by atoms with E-state index in [1.807, 2.05) is 30.3 Å². The molecule has 22 heavy (non-hydrogen) atoms. The Morgan fingerprint density at radius 1 is 1.23 bits per heavy atom. The number of hydrogen-bond acceptors (Lipinski definition) is 3. The van der Waals surface area contributed by atoms with E-state index in [4.69, 9.17) is 5.73 Å². The summed E-state index contributed by atoms with van der Waals surface area (Å²) in [7, 11) is 0. The van der Waals surface area contributed by atoms with Crippen LogP contribution in [0.4, 0.5) is 0 Å². The zero-order valence-electron chi connectivity index (χ0n) is 13.0. The molecule has 0 bridgehead atoms. The Morgan fingerprint density at radius 2 is 1.91 bits per heavy atom. The highest BCUT2D eigenvalue weighted by atomic mass is 16.2. The van der Waals surface area contributed by atoms with Crippen LogP contribution in [0.1, 0.15) is 44.1 Å². The van der Waals surface area contributed by atoms with Gasteiger partial charge in [-0.1, -0.05) is 62.4 Å². The molecule has 1 aromatic carbocycles. The van der Waals surface area contributed by atoms with Crippen molar-refractivity contribution in [3.63, 3.8) is 0 Å². The molecular formula is C18H26N2O2. The zero-order valence-corrected chi connectivity index (χ0v) is 13.0. The third-order valence-electron chi connectivity index (χ3n) is 4.44. The van der Waals surface area contributed by atoms with Crippen molar-refractivity contribution in [1.82, 2.24) is 5.32 Å². The number of carbonyl (C=O) groups excluding carboxylic acids is 2. The molecule has 0 unspecified atom stereocenters. The average molecular weight is 302 g/mol. The number of rotatable bonds is 7. The second-order valence-corrected chi connectivity index (χ2v) is 6.29. The molecule has 0 radical (unpaired) electrons. The zero-order chi connectivity index (χ0) is 15.8. The summed E-state index contributed by atoms with van der Waals surface area (Å²) in [6.45, 7) is 0. The Hall–Kier alpha value is -1.68. The third-order valence-corrected chi connectivity index (χ3v) is 4.44. The molecular weight excluding hydrogens is 276 g/mol. The summed E-state index contributed by atoms with van der Waals surface area (Å²) >= 11 is 0. The van der Waals surface area contributed by atoms with Crippen LogP contribution in [0.5, 0.6) is 0 Å². The summed E-state index contributed by atoms with van der Waals surface area (Å²) in [4.78, 5) is 23.4. The number of carbonyl (C=O) groups is 2. The minimum absolute atomic E-state index is 0.210. The standard InChI is InChI=1S/C18H26N2O2/c19-17(12-15-9-5-2-6-10-15)18(22)20-16(13-21)11-14-7-3-1-4-8-14/h1,3-4,7-8,13,15-17H,2,5-6,9-12,19H2,(H,20,22)/t16-,17-/m0/s1. The van der Waals surface area contributed by atoms with Crippen LogP contribution in [0, 0.1) is 5.92 Å². The summed E-state index contributed by atoms with van der Waals surface area (Å²) in [6.07, 6.45) is 8.13. The number of hydrogen-bond donors (Lipinski definition) is 2. The summed E-state index contributed by atoms with van der Waals surface area (Å²) in [6, 6.07) is 8.66. The van der Waals surface area contributed by atoms with Gasteiger partial charge in [-0.25, -0.2) is 0 Å². The van der Waals surface area contributed by atoms with Crippen LogP contribution in [-0.4, -0.2) is 24.3 Å². The molecule has 4 heteroatoms. The maximum Gasteiger partial charge on any atom is 0.237 e. The van der Waals surface area contributed by atoms with Gasteiger partial charge in [0.05, 0.1) is 12.1 Å². The molecule has 2 rings (SSSR count). The quantitative estimate of drug-likeness (QED) is 0.759. The summed E-state index contributed by atoms with van der Waals surface area (Å²) in [5, 5.41) is 2.77. The maximum atomic E-state index is 12.2. The Balaban J connectivity index is 1.81. The maximum absolute atomic E-state index is 12.2. The van der Waals surface area contributed by atoms with E-state index in [9.17, 15) is 9.59 Å². The van der Waals surface area contributed by atoms with Gasteiger partial charge >= 0.3 is 0 Å². The Labute approximate surface area is 132 Å². The largest absolute Gasteiger partial charge is 0.345 e. The van der Waals surface area contributed by atoms with Gasteiger partial charge in [-0.3, -0.25) is 4.79 Å². The lowest BCUT2D eigenvalue weighted by Gasteiger charge is -2.24. The lowest BCUT2D eigenvalue weighted by molar-refractivity contribution is -0.125. The molecule has 1 aliphatic rings. The van der Waals surface area contributed by atoms with E-state index in [2.05, 4.69) is 5.32 Å². The van der Waals surface area contributed by atoms with Gasteiger partial charge in [0.1, 0.15) is 6.29 Å². The van der Waals surface area contributed by atoms with Crippen molar-refractivity contribution in [2.75, 3.05) is 0 Å². The van der Waals surface area contributed by atoms with Crippen LogP contribution in [0.3, 0.4) is 0 Å². The van der Waals surface area contributed by atoms with Crippen LogP contribution in [0.15, 0.2) is 30.3 Å². The van der Waals surface area contributed by atoms with Gasteiger partial charge in [0.2, 0.25) is 5.91 Å². The van der Waals surface area contributed by atoms with Gasteiger partial charge in [0.15, 0.2) is 0 Å². The van der Waals surface area contributed by atoms with Crippen molar-refractivity contribution < 1.29 is 9.59 Å². The smallest absolute Gasteiger partial charge is 0.237 e. The van der Waals surface area contributed by atoms with E-state index < -0.39 is 12.1 Å². The molecule has 0 aromatic heterocycles. The number of nitrogens with two attached hydrogens (primary N) is 1. The highest BCUT2D eigenvalue weighted by Crippen LogP contribution is 2.26. The second kappa shape index (κ2) is 8.69. The van der Waals surface area contributed by atoms with Gasteiger partial charge in [-0.05, 0) is 24.3 Å². The SMILES string of the molecule is N[C@@H](CC1CCCCC1)C(=O)N[C@H](C=O)Cc1ccccc1. The van der Waals surface area contributed by atoms with E-state index >= 15 is 0 Å². The van der Waals surface area contributed by atoms with Gasteiger partial charge in [0, 0.05) is 0 Å². The Bertz CT molecular complexity index is 469. The lowest BCUT2D eigenvalue weighted by Crippen LogP contribution is -2.47. The molecule has 2 atom stereocenters. The summed E-state index contributed by atoms with van der Waals surface area (Å²) < 4.78 is 0. The fraction of sp³-hybridized carbons (Fsp3) is 0.556. The van der Waals surface area contributed by atoms with E-state index in [1.165, 1.54) is 32.1 Å². The van der Waals surface area contributed by atoms with Crippen molar-refractivity contribution in [2.45, 2.75) is 57.0 Å². The first-order chi connectivity index (χ1) is 10.7. The molecule has 0 heterocycles. The minimum atomic E-state index is -0.513. The van der Waals surface area contributed by atoms with Gasteiger partial charge in [-0.2, -0.15) is 0 Å². The molecule has 0 aliphatic heterocycles. The van der Waals surface area contributed by atoms with E-state index in [-0.39, 0.29) is 5.91 Å². The number of benzene rings is 1. The highest BCUT2D eigenvalue weighted by Gasteiger charge is 2.23. The number of nitrogens with one attached hydrogen (secondary N) is 1. The first kappa shape index (κ1) is 16.7. The summed E-state index contributed by atoms with van der Waals surface area (Å²) in [5.41, 5.74) is 7.04. The van der Waals surface area contributed by atoms with Crippen LogP contribution in [-0.2, 0) is 16.0 Å². The third kappa shape index (κ3) is 5.26. The first-order valence-corrected chi connectivity index (χ1v) is 8.24. The molecule has 0 spiro atoms. The molecule has 4 nitrogen and oxygen atoms in total. The molecule has 1 fully saturated rings. The predicted molar refractivity (Wildman–Crippen MR) is 87.3 cm³/mol. The topological polar surface area (TPSA) is 72.2 Å². The number of aldehydes is 1. The van der Waals surface area contributed by atoms with E-state index in [0.717, 1.165) is 18.3 Å². The summed E-state index contributed by atoms with van der Waals surface area (Å²) in [5.74, 6) is 0.344. The van der Waals surface area contributed by atoms with Crippen LogP contribution in [0.2, 0.25) is 0 Å². The fourth-order valence-corrected chi connectivity index (χ4v) is 3.18. The lowest BCUT2D eigenvalue weighted by atomic mass is 9.85. The Morgan fingerprint density at radius 3 is 2.55 bits per heavy atom. The van der Waals surface area contributed by atoms with Crippen molar-refractivity contribution in [3.05, 3.63) is 35.9 Å². The van der Waals surface area contributed by atoms with Gasteiger partial charge in [-0.15, -0.1) is 0 Å². The molecule has 1 aromatic rings. The Kier molecular flexibility index (Phi) is 6.59. The number of amides is 1. The van der Waals surface area contributed by atoms with Crippen molar-refractivity contribution in [3.8, 4) is 0 Å². The second-order valence-electron chi connectivity index (χ2n) is 6.29. The minimum Gasteiger partial charge on any atom is -0.345 e. The molecule has 0 saturated heterocycles. The van der Waals surface area contributed by atoms with Crippen LogP contribution >= 0.6 is 0 Å². The van der Waals surface area contributed by atoms with E-state index in [1.54, 1.807) is 0 Å². The van der Waals surface area contributed by atoms with E-state index in [0.29, 0.717) is 12.3 Å². The first-order valence-electron chi connectivity index (χ1n) is 8.24. The molecule has 1 amide bonds. The van der Waals surface area contributed by atoms with Crippen LogP contribution in [0.25, 0.3) is 0 Å². The molecule has 1 aliphatic carbocycles. The highest BCUT2D eigenvalue weighted by molar-refractivity contribution is 5.84. The molecule has 120 valence electrons. The van der Waals surface area contributed by atoms with Gasteiger partial charge in [0.25, 0.3) is 0 Å². The van der Waals surface area contributed by atoms with Crippen molar-refractivity contribution in [2.24, 2.45) is 11.7 Å². The molecule has 3 N–H and O–H groups in total. The predicted octanol–water partition coefficient (Wildman–Crippen LogP) is 2.21. The normalized spacial score (nSPS) is 18.4. The molecule has 1 saturated carbocycles. The van der Waals surface area contributed by atoms with Crippen molar-refractivity contribution >= 4 is 12.2 Å². The fourth-order valence-electron chi connectivity index (χ4n) is 3.18. The van der Waals surface area contributed by atoms with Crippen LogP contribution < -0.4 is 11.1 Å². The average Bonchev–Trinajstić information content (AvgIpc) is 2.56. The monoisotopic (exact) mass is 302 g/mol. The van der Waals surface area contributed by atoms with Crippen molar-refractivity contribution in [1.29, 1.82) is 0 Å². The van der Waals surface area contributed by atoms with Gasteiger partial charge < -0.3 is 15.8 Å².